The lowest BCUT2D eigenvalue weighted by molar-refractivity contribution is -0.115. The van der Waals surface area contributed by atoms with Crippen molar-refractivity contribution in [3.63, 3.8) is 0 Å². The van der Waals surface area contributed by atoms with Gasteiger partial charge in [-0.2, -0.15) is 0 Å². The third-order valence-corrected chi connectivity index (χ3v) is 3.53. The lowest BCUT2D eigenvalue weighted by Crippen LogP contribution is -2.11. The maximum atomic E-state index is 11.5. The smallest absolute Gasteiger partial charge is 0.224 e. The van der Waals surface area contributed by atoms with E-state index in [1.54, 1.807) is 0 Å². The van der Waals surface area contributed by atoms with Crippen LogP contribution in [-0.2, 0) is 11.3 Å². The third-order valence-electron chi connectivity index (χ3n) is 3.53. The number of rotatable bonds is 5. The predicted octanol–water partition coefficient (Wildman–Crippen LogP) is 4.26. The second-order valence-electron chi connectivity index (χ2n) is 5.22. The van der Waals surface area contributed by atoms with Crippen LogP contribution >= 0.6 is 0 Å². The number of carbonyl (C=O) groups excluding carboxylic acids is 1. The molecule has 0 bridgehead atoms. The Bertz CT molecular complexity index is 618. The molecule has 0 saturated carbocycles. The molecule has 0 fully saturated rings. The Morgan fingerprint density at radius 3 is 2.33 bits per heavy atom. The van der Waals surface area contributed by atoms with Crippen molar-refractivity contribution in [2.45, 2.75) is 33.7 Å². The van der Waals surface area contributed by atoms with Gasteiger partial charge in [0.15, 0.2) is 0 Å². The van der Waals surface area contributed by atoms with E-state index in [9.17, 15) is 4.79 Å². The van der Waals surface area contributed by atoms with Crippen molar-refractivity contribution in [3.05, 3.63) is 59.2 Å². The van der Waals surface area contributed by atoms with Gasteiger partial charge < -0.3 is 10.6 Å². The average molecular weight is 282 g/mol. The molecule has 2 aromatic carbocycles. The summed E-state index contributed by atoms with van der Waals surface area (Å²) in [6.07, 6.45) is 0.487. The van der Waals surface area contributed by atoms with Crippen LogP contribution in [0.2, 0.25) is 0 Å². The van der Waals surface area contributed by atoms with Gasteiger partial charge in [-0.25, -0.2) is 0 Å². The number of nitrogens with one attached hydrogen (secondary N) is 2. The molecule has 0 spiro atoms. The Hall–Kier alpha value is -2.29. The molecule has 0 saturated heterocycles. The Labute approximate surface area is 126 Å². The first-order chi connectivity index (χ1) is 10.1. The summed E-state index contributed by atoms with van der Waals surface area (Å²) in [4.78, 5) is 11.5. The highest BCUT2D eigenvalue weighted by Gasteiger charge is 2.06. The van der Waals surface area contributed by atoms with E-state index in [2.05, 4.69) is 41.8 Å². The van der Waals surface area contributed by atoms with Crippen molar-refractivity contribution in [3.8, 4) is 0 Å². The molecule has 21 heavy (non-hydrogen) atoms. The summed E-state index contributed by atoms with van der Waals surface area (Å²) in [6.45, 7) is 6.72. The fraction of sp³-hybridized carbons (Fsp3) is 0.278. The van der Waals surface area contributed by atoms with Crippen molar-refractivity contribution < 1.29 is 4.79 Å². The molecule has 0 aromatic heterocycles. The number of carbonyl (C=O) groups is 1. The first-order valence-electron chi connectivity index (χ1n) is 7.29. The molecule has 0 radical (unpaired) electrons. The number of amides is 1. The van der Waals surface area contributed by atoms with Crippen molar-refractivity contribution in [1.29, 1.82) is 0 Å². The van der Waals surface area contributed by atoms with Gasteiger partial charge in [-0.1, -0.05) is 42.8 Å². The molecule has 0 unspecified atom stereocenters. The van der Waals surface area contributed by atoms with Gasteiger partial charge in [0.05, 0.1) is 0 Å². The van der Waals surface area contributed by atoms with Gasteiger partial charge in [0.1, 0.15) is 0 Å². The van der Waals surface area contributed by atoms with E-state index in [0.717, 1.165) is 23.5 Å². The number of hydrogen-bond donors (Lipinski definition) is 2. The number of benzene rings is 2. The van der Waals surface area contributed by atoms with Gasteiger partial charge in [0, 0.05) is 24.3 Å². The van der Waals surface area contributed by atoms with E-state index >= 15 is 0 Å². The van der Waals surface area contributed by atoms with E-state index in [-0.39, 0.29) is 5.91 Å². The molecule has 2 N–H and O–H groups in total. The van der Waals surface area contributed by atoms with Crippen LogP contribution < -0.4 is 10.6 Å². The summed E-state index contributed by atoms with van der Waals surface area (Å²) in [5.41, 5.74) is 5.48. The molecule has 0 atom stereocenters. The average Bonchev–Trinajstić information content (AvgIpc) is 2.49. The van der Waals surface area contributed by atoms with Crippen molar-refractivity contribution >= 4 is 17.3 Å². The summed E-state index contributed by atoms with van der Waals surface area (Å²) >= 11 is 0. The summed E-state index contributed by atoms with van der Waals surface area (Å²) in [7, 11) is 0. The molecule has 2 rings (SSSR count). The van der Waals surface area contributed by atoms with E-state index in [0.29, 0.717) is 6.42 Å². The van der Waals surface area contributed by atoms with Crippen LogP contribution in [0.3, 0.4) is 0 Å². The van der Waals surface area contributed by atoms with Crippen LogP contribution in [-0.4, -0.2) is 5.91 Å². The standard InChI is InChI=1S/C18H22N2O/c1-4-18(21)20-17-7-5-6-16(14(17)3)19-12-15-10-8-13(2)9-11-15/h5-11,19H,4,12H2,1-3H3,(H,20,21). The second-order valence-corrected chi connectivity index (χ2v) is 5.22. The first kappa shape index (κ1) is 15.1. The van der Waals surface area contributed by atoms with E-state index in [4.69, 9.17) is 0 Å². The van der Waals surface area contributed by atoms with Crippen LogP contribution in [0, 0.1) is 13.8 Å². The molecule has 3 nitrogen and oxygen atoms in total. The summed E-state index contributed by atoms with van der Waals surface area (Å²) < 4.78 is 0. The van der Waals surface area contributed by atoms with Crippen LogP contribution in [0.5, 0.6) is 0 Å². The molecule has 0 aliphatic carbocycles. The summed E-state index contributed by atoms with van der Waals surface area (Å²) in [5.74, 6) is 0.0359. The molecule has 3 heteroatoms. The number of anilines is 2. The van der Waals surface area contributed by atoms with Gasteiger partial charge in [-0.05, 0) is 37.1 Å². The molecular weight excluding hydrogens is 260 g/mol. The van der Waals surface area contributed by atoms with E-state index in [1.807, 2.05) is 32.0 Å². The SMILES string of the molecule is CCC(=O)Nc1cccc(NCc2ccc(C)cc2)c1C. The zero-order valence-corrected chi connectivity index (χ0v) is 12.9. The van der Waals surface area contributed by atoms with Gasteiger partial charge >= 0.3 is 0 Å². The molecule has 0 aliphatic rings. The normalized spacial score (nSPS) is 10.2. The zero-order chi connectivity index (χ0) is 15.2. The van der Waals surface area contributed by atoms with Crippen molar-refractivity contribution in [1.82, 2.24) is 0 Å². The van der Waals surface area contributed by atoms with Gasteiger partial charge in [0.2, 0.25) is 5.91 Å². The van der Waals surface area contributed by atoms with Crippen LogP contribution in [0.15, 0.2) is 42.5 Å². The van der Waals surface area contributed by atoms with Crippen LogP contribution in [0.4, 0.5) is 11.4 Å². The third kappa shape index (κ3) is 4.09. The zero-order valence-electron chi connectivity index (χ0n) is 12.9. The lowest BCUT2D eigenvalue weighted by atomic mass is 10.1. The molecule has 1 amide bonds. The molecule has 110 valence electrons. The Morgan fingerprint density at radius 2 is 1.67 bits per heavy atom. The highest BCUT2D eigenvalue weighted by Crippen LogP contribution is 2.24. The Kier molecular flexibility index (Phi) is 4.99. The molecular formula is C18H22N2O. The highest BCUT2D eigenvalue weighted by atomic mass is 16.1. The second kappa shape index (κ2) is 6.93. The van der Waals surface area contributed by atoms with E-state index < -0.39 is 0 Å². The largest absolute Gasteiger partial charge is 0.381 e. The fourth-order valence-corrected chi connectivity index (χ4v) is 2.10. The number of hydrogen-bond acceptors (Lipinski definition) is 2. The minimum Gasteiger partial charge on any atom is -0.381 e. The van der Waals surface area contributed by atoms with Gasteiger partial charge in [-0.15, -0.1) is 0 Å². The lowest BCUT2D eigenvalue weighted by Gasteiger charge is -2.14. The maximum absolute atomic E-state index is 11.5. The molecule has 0 aliphatic heterocycles. The molecule has 2 aromatic rings. The van der Waals surface area contributed by atoms with Crippen LogP contribution in [0.25, 0.3) is 0 Å². The number of aryl methyl sites for hydroxylation is 1. The topological polar surface area (TPSA) is 41.1 Å². The monoisotopic (exact) mass is 282 g/mol. The van der Waals surface area contributed by atoms with Crippen molar-refractivity contribution in [2.75, 3.05) is 10.6 Å². The summed E-state index contributed by atoms with van der Waals surface area (Å²) in [5, 5.41) is 6.36. The quantitative estimate of drug-likeness (QED) is 0.860. The van der Waals surface area contributed by atoms with Crippen molar-refractivity contribution in [2.24, 2.45) is 0 Å². The first-order valence-corrected chi connectivity index (χ1v) is 7.29. The minimum atomic E-state index is 0.0359. The summed E-state index contributed by atoms with van der Waals surface area (Å²) in [6, 6.07) is 14.4. The van der Waals surface area contributed by atoms with Crippen LogP contribution in [0.1, 0.15) is 30.0 Å². The van der Waals surface area contributed by atoms with Gasteiger partial charge in [0.25, 0.3) is 0 Å². The highest BCUT2D eigenvalue weighted by molar-refractivity contribution is 5.92. The predicted molar refractivity (Wildman–Crippen MR) is 88.6 cm³/mol. The Morgan fingerprint density at radius 1 is 1.00 bits per heavy atom. The maximum Gasteiger partial charge on any atom is 0.224 e. The fourth-order valence-electron chi connectivity index (χ4n) is 2.10. The van der Waals surface area contributed by atoms with E-state index in [1.165, 1.54) is 11.1 Å². The van der Waals surface area contributed by atoms with Gasteiger partial charge in [-0.3, -0.25) is 4.79 Å². The Balaban J connectivity index is 2.08. The minimum absolute atomic E-state index is 0.0359. The molecule has 0 heterocycles.